The van der Waals surface area contributed by atoms with Gasteiger partial charge in [-0.15, -0.1) is 0 Å². The molecule has 16 heavy (non-hydrogen) atoms. The number of piperidine rings is 1. The van der Waals surface area contributed by atoms with E-state index in [4.69, 9.17) is 10.5 Å². The summed E-state index contributed by atoms with van der Waals surface area (Å²) in [5.41, 5.74) is 5.55. The minimum atomic E-state index is 0.468. The monoisotopic (exact) mass is 228 g/mol. The van der Waals surface area contributed by atoms with Crippen molar-refractivity contribution in [3.8, 4) is 0 Å². The van der Waals surface area contributed by atoms with Gasteiger partial charge in [-0.25, -0.2) is 0 Å². The van der Waals surface area contributed by atoms with Gasteiger partial charge in [-0.05, 0) is 57.7 Å². The van der Waals surface area contributed by atoms with Crippen LogP contribution in [0, 0.1) is 5.92 Å². The quantitative estimate of drug-likeness (QED) is 0.723. The molecule has 1 fully saturated rings. The van der Waals surface area contributed by atoms with Gasteiger partial charge in [-0.3, -0.25) is 0 Å². The van der Waals surface area contributed by atoms with E-state index in [9.17, 15) is 0 Å². The number of hydrogen-bond acceptors (Lipinski definition) is 3. The minimum Gasteiger partial charge on any atom is -0.380 e. The van der Waals surface area contributed by atoms with Crippen molar-refractivity contribution in [1.29, 1.82) is 0 Å². The molecule has 3 nitrogen and oxygen atoms in total. The third-order valence-electron chi connectivity index (χ3n) is 3.63. The number of ether oxygens (including phenoxy) is 1. The van der Waals surface area contributed by atoms with Crippen LogP contribution in [-0.2, 0) is 4.74 Å². The van der Waals surface area contributed by atoms with Gasteiger partial charge in [0.15, 0.2) is 0 Å². The summed E-state index contributed by atoms with van der Waals surface area (Å²) in [7, 11) is 1.83. The second-order valence-electron chi connectivity index (χ2n) is 5.13. The molecule has 1 aliphatic rings. The van der Waals surface area contributed by atoms with Gasteiger partial charge in [0, 0.05) is 13.7 Å². The molecule has 0 saturated carbocycles. The SMILES string of the molecule is COC1CCCN(CCCC(C)CCN)C1. The molecular weight excluding hydrogens is 200 g/mol. The Morgan fingerprint density at radius 2 is 2.25 bits per heavy atom. The lowest BCUT2D eigenvalue weighted by Gasteiger charge is -2.32. The molecule has 0 aromatic carbocycles. The Bertz CT molecular complexity index is 175. The molecule has 0 aromatic rings. The second kappa shape index (κ2) is 8.04. The molecule has 0 spiro atoms. The fourth-order valence-electron chi connectivity index (χ4n) is 2.50. The highest BCUT2D eigenvalue weighted by Gasteiger charge is 2.18. The number of likely N-dealkylation sites (tertiary alicyclic amines) is 1. The van der Waals surface area contributed by atoms with Crippen LogP contribution in [-0.4, -0.2) is 44.3 Å². The van der Waals surface area contributed by atoms with Crippen LogP contribution in [0.1, 0.15) is 39.0 Å². The summed E-state index contributed by atoms with van der Waals surface area (Å²) in [5, 5.41) is 0. The van der Waals surface area contributed by atoms with Crippen molar-refractivity contribution in [3.05, 3.63) is 0 Å². The number of nitrogens with two attached hydrogens (primary N) is 1. The first-order valence-electron chi connectivity index (χ1n) is 6.71. The lowest BCUT2D eigenvalue weighted by molar-refractivity contribution is 0.0306. The zero-order chi connectivity index (χ0) is 11.8. The van der Waals surface area contributed by atoms with E-state index >= 15 is 0 Å². The molecule has 2 unspecified atom stereocenters. The van der Waals surface area contributed by atoms with Gasteiger partial charge >= 0.3 is 0 Å². The van der Waals surface area contributed by atoms with Crippen LogP contribution in [0.4, 0.5) is 0 Å². The molecule has 1 rings (SSSR count). The van der Waals surface area contributed by atoms with Gasteiger partial charge in [-0.2, -0.15) is 0 Å². The zero-order valence-electron chi connectivity index (χ0n) is 11.0. The predicted molar refractivity (Wildman–Crippen MR) is 68.5 cm³/mol. The number of methoxy groups -OCH3 is 1. The maximum absolute atomic E-state index is 5.55. The molecule has 1 heterocycles. The molecule has 0 amide bonds. The van der Waals surface area contributed by atoms with Crippen molar-refractivity contribution in [2.24, 2.45) is 11.7 Å². The van der Waals surface area contributed by atoms with Crippen LogP contribution in [0.5, 0.6) is 0 Å². The number of hydrogen-bond donors (Lipinski definition) is 1. The van der Waals surface area contributed by atoms with E-state index in [1.54, 1.807) is 0 Å². The van der Waals surface area contributed by atoms with E-state index in [0.29, 0.717) is 6.10 Å². The maximum Gasteiger partial charge on any atom is 0.0698 e. The molecule has 96 valence electrons. The highest BCUT2D eigenvalue weighted by atomic mass is 16.5. The lowest BCUT2D eigenvalue weighted by atomic mass is 10.0. The first-order chi connectivity index (χ1) is 7.76. The van der Waals surface area contributed by atoms with E-state index in [1.807, 2.05) is 7.11 Å². The van der Waals surface area contributed by atoms with Crippen molar-refractivity contribution >= 4 is 0 Å². The number of nitrogens with zero attached hydrogens (tertiary/aromatic N) is 1. The van der Waals surface area contributed by atoms with Gasteiger partial charge in [-0.1, -0.05) is 6.92 Å². The molecule has 1 saturated heterocycles. The first-order valence-corrected chi connectivity index (χ1v) is 6.71. The standard InChI is InChI=1S/C13H28N2O/c1-12(7-8-14)5-3-9-15-10-4-6-13(11-15)16-2/h12-13H,3-11,14H2,1-2H3. The van der Waals surface area contributed by atoms with Crippen LogP contribution >= 0.6 is 0 Å². The van der Waals surface area contributed by atoms with Crippen LogP contribution < -0.4 is 5.73 Å². The predicted octanol–water partition coefficient (Wildman–Crippen LogP) is 1.86. The van der Waals surface area contributed by atoms with Crippen LogP contribution in [0.15, 0.2) is 0 Å². The molecule has 0 bridgehead atoms. The van der Waals surface area contributed by atoms with Crippen molar-refractivity contribution in [1.82, 2.24) is 4.90 Å². The van der Waals surface area contributed by atoms with Crippen molar-refractivity contribution in [3.63, 3.8) is 0 Å². The summed E-state index contributed by atoms with van der Waals surface area (Å²) in [5.74, 6) is 0.785. The Labute approximate surface area is 100 Å². The molecule has 0 aliphatic carbocycles. The Hall–Kier alpha value is -0.120. The summed E-state index contributed by atoms with van der Waals surface area (Å²) in [6.45, 7) is 6.75. The largest absolute Gasteiger partial charge is 0.380 e. The van der Waals surface area contributed by atoms with Crippen molar-refractivity contribution < 1.29 is 4.74 Å². The van der Waals surface area contributed by atoms with E-state index in [0.717, 1.165) is 19.0 Å². The summed E-state index contributed by atoms with van der Waals surface area (Å²) in [4.78, 5) is 2.55. The molecule has 0 aromatic heterocycles. The average Bonchev–Trinajstić information content (AvgIpc) is 2.30. The molecule has 3 heteroatoms. The van der Waals surface area contributed by atoms with Crippen LogP contribution in [0.2, 0.25) is 0 Å². The summed E-state index contributed by atoms with van der Waals surface area (Å²) in [6, 6.07) is 0. The van der Waals surface area contributed by atoms with E-state index < -0.39 is 0 Å². The third kappa shape index (κ3) is 5.28. The molecule has 2 N–H and O–H groups in total. The topological polar surface area (TPSA) is 38.5 Å². The van der Waals surface area contributed by atoms with E-state index in [1.165, 1.54) is 45.2 Å². The fraction of sp³-hybridized carbons (Fsp3) is 1.00. The van der Waals surface area contributed by atoms with Crippen molar-refractivity contribution in [2.45, 2.75) is 45.1 Å². The average molecular weight is 228 g/mol. The van der Waals surface area contributed by atoms with E-state index in [2.05, 4.69) is 11.8 Å². The van der Waals surface area contributed by atoms with Gasteiger partial charge in [0.25, 0.3) is 0 Å². The Kier molecular flexibility index (Phi) is 7.01. The maximum atomic E-state index is 5.55. The van der Waals surface area contributed by atoms with Crippen molar-refractivity contribution in [2.75, 3.05) is 33.3 Å². The van der Waals surface area contributed by atoms with Gasteiger partial charge in [0.1, 0.15) is 0 Å². The fourth-order valence-corrected chi connectivity index (χ4v) is 2.50. The smallest absolute Gasteiger partial charge is 0.0698 e. The Balaban J connectivity index is 2.08. The summed E-state index contributed by atoms with van der Waals surface area (Å²) < 4.78 is 5.43. The molecule has 0 radical (unpaired) electrons. The minimum absolute atomic E-state index is 0.468. The highest BCUT2D eigenvalue weighted by molar-refractivity contribution is 4.73. The lowest BCUT2D eigenvalue weighted by Crippen LogP contribution is -2.39. The second-order valence-corrected chi connectivity index (χ2v) is 5.13. The Morgan fingerprint density at radius 3 is 2.94 bits per heavy atom. The summed E-state index contributed by atoms with van der Waals surface area (Å²) in [6.07, 6.45) is 6.77. The summed E-state index contributed by atoms with van der Waals surface area (Å²) >= 11 is 0. The molecule has 2 atom stereocenters. The molecular formula is C13H28N2O. The Morgan fingerprint density at radius 1 is 1.44 bits per heavy atom. The van der Waals surface area contributed by atoms with E-state index in [-0.39, 0.29) is 0 Å². The molecule has 1 aliphatic heterocycles. The third-order valence-corrected chi connectivity index (χ3v) is 3.63. The zero-order valence-corrected chi connectivity index (χ0v) is 11.0. The normalized spacial score (nSPS) is 24.6. The first kappa shape index (κ1) is 13.9. The van der Waals surface area contributed by atoms with Gasteiger partial charge in [0.05, 0.1) is 6.10 Å². The number of rotatable bonds is 7. The van der Waals surface area contributed by atoms with Crippen LogP contribution in [0.3, 0.4) is 0 Å². The van der Waals surface area contributed by atoms with Gasteiger partial charge < -0.3 is 15.4 Å². The van der Waals surface area contributed by atoms with Crippen LogP contribution in [0.25, 0.3) is 0 Å². The highest BCUT2D eigenvalue weighted by Crippen LogP contribution is 2.15. The van der Waals surface area contributed by atoms with Gasteiger partial charge in [0.2, 0.25) is 0 Å².